The summed E-state index contributed by atoms with van der Waals surface area (Å²) in [6, 6.07) is 7.82. The zero-order valence-electron chi connectivity index (χ0n) is 20.6. The van der Waals surface area contributed by atoms with Gasteiger partial charge in [0.25, 0.3) is 0 Å². The molecule has 6 nitrogen and oxygen atoms in total. The lowest BCUT2D eigenvalue weighted by Gasteiger charge is -2.36. The van der Waals surface area contributed by atoms with Crippen molar-refractivity contribution >= 4 is 34.1 Å². The second-order valence-corrected chi connectivity index (χ2v) is 9.81. The quantitative estimate of drug-likeness (QED) is 0.433. The van der Waals surface area contributed by atoms with E-state index in [1.54, 1.807) is 11.0 Å². The number of piperazine rings is 1. The molecule has 0 radical (unpaired) electrons. The Kier molecular flexibility index (Phi) is 6.73. The number of anilines is 1. The highest BCUT2D eigenvalue weighted by Crippen LogP contribution is 2.44. The molecule has 190 valence electrons. The predicted molar refractivity (Wildman–Crippen MR) is 145 cm³/mol. The van der Waals surface area contributed by atoms with E-state index in [0.717, 1.165) is 29.3 Å². The molecule has 1 N–H and O–H groups in total. The number of halogens is 2. The van der Waals surface area contributed by atoms with Crippen molar-refractivity contribution in [2.24, 2.45) is 0 Å². The molecule has 1 aromatic heterocycles. The van der Waals surface area contributed by atoms with E-state index < -0.39 is 5.82 Å². The highest BCUT2D eigenvalue weighted by atomic mass is 35.5. The van der Waals surface area contributed by atoms with Gasteiger partial charge in [0.15, 0.2) is 5.82 Å². The normalized spacial score (nSPS) is 19.4. The topological polar surface area (TPSA) is 69.6 Å². The van der Waals surface area contributed by atoms with Crippen LogP contribution in [0.1, 0.15) is 25.5 Å². The molecule has 8 heteroatoms. The van der Waals surface area contributed by atoms with E-state index in [0.29, 0.717) is 42.6 Å². The average Bonchev–Trinajstić information content (AvgIpc) is 2.92. The fourth-order valence-corrected chi connectivity index (χ4v) is 5.53. The first-order valence-corrected chi connectivity index (χ1v) is 12.7. The Morgan fingerprint density at radius 1 is 1.19 bits per heavy atom. The van der Waals surface area contributed by atoms with Crippen molar-refractivity contribution in [2.45, 2.75) is 25.2 Å². The number of phenolic OH excluding ortho intramolecular Hbond substituents is 1. The largest absolute Gasteiger partial charge is 0.507 e. The smallest absolute Gasteiger partial charge is 0.246 e. The number of hydrogen-bond acceptors (Lipinski definition) is 5. The van der Waals surface area contributed by atoms with Crippen molar-refractivity contribution in [1.82, 2.24) is 15.1 Å². The molecular weight excluding hydrogens is 491 g/mol. The lowest BCUT2D eigenvalue weighted by molar-refractivity contribution is -0.126. The van der Waals surface area contributed by atoms with Gasteiger partial charge in [-0.15, -0.1) is 5.10 Å². The Hall–Kier alpha value is -3.71. The van der Waals surface area contributed by atoms with Crippen LogP contribution in [0.3, 0.4) is 0 Å². The second-order valence-electron chi connectivity index (χ2n) is 9.40. The van der Waals surface area contributed by atoms with Crippen LogP contribution in [0.25, 0.3) is 21.9 Å². The van der Waals surface area contributed by atoms with Crippen LogP contribution in [0.15, 0.2) is 67.3 Å². The number of aromatic hydroxyl groups is 1. The van der Waals surface area contributed by atoms with Gasteiger partial charge < -0.3 is 14.9 Å². The van der Waals surface area contributed by atoms with Gasteiger partial charge in [-0.3, -0.25) is 4.79 Å². The number of aromatic nitrogens is 2. The Bertz CT molecular complexity index is 1430. The van der Waals surface area contributed by atoms with Crippen molar-refractivity contribution in [3.8, 4) is 16.9 Å². The third-order valence-electron chi connectivity index (χ3n) is 7.42. The first-order chi connectivity index (χ1) is 17.9. The van der Waals surface area contributed by atoms with Crippen LogP contribution in [-0.4, -0.2) is 52.3 Å². The number of nitrogens with zero attached hydrogens (tertiary/aromatic N) is 4. The van der Waals surface area contributed by atoms with Crippen molar-refractivity contribution < 1.29 is 14.3 Å². The maximum absolute atomic E-state index is 14.9. The summed E-state index contributed by atoms with van der Waals surface area (Å²) >= 11 is 6.75. The minimum absolute atomic E-state index is 0.0555. The number of allylic oxidation sites excluding steroid dienone is 4. The minimum Gasteiger partial charge on any atom is -0.507 e. The van der Waals surface area contributed by atoms with Crippen LogP contribution in [0.4, 0.5) is 10.2 Å². The molecule has 0 spiro atoms. The molecule has 1 saturated heterocycles. The maximum Gasteiger partial charge on any atom is 0.246 e. The van der Waals surface area contributed by atoms with Crippen LogP contribution in [0, 0.1) is 5.82 Å². The summed E-state index contributed by atoms with van der Waals surface area (Å²) < 4.78 is 14.9. The fourth-order valence-electron chi connectivity index (χ4n) is 5.27. The summed E-state index contributed by atoms with van der Waals surface area (Å²) in [7, 11) is 0. The number of carbonyl (C=O) groups excluding carboxylic acids is 1. The molecule has 5 rings (SSSR count). The Morgan fingerprint density at radius 2 is 1.97 bits per heavy atom. The van der Waals surface area contributed by atoms with E-state index in [4.69, 9.17) is 16.7 Å². The standard InChI is InChI=1S/C29H28ClFN4O2/c1-3-25(37)34-13-15-35(16-14-34)28-20-18-22(30)21(26-23(31)9-8-10-24(26)36)17-19(20)27(32-33-28)29(4-2)11-6-5-7-12-29/h3,5-11,17-18,36H,1,4,12-16H2,2H3/t29-/m1/s1. The van der Waals surface area contributed by atoms with Gasteiger partial charge in [-0.25, -0.2) is 4.39 Å². The van der Waals surface area contributed by atoms with Crippen LogP contribution >= 0.6 is 11.6 Å². The third-order valence-corrected chi connectivity index (χ3v) is 7.73. The van der Waals surface area contributed by atoms with Crippen molar-refractivity contribution in [3.05, 3.63) is 83.8 Å². The van der Waals surface area contributed by atoms with Gasteiger partial charge in [-0.05, 0) is 43.2 Å². The zero-order chi connectivity index (χ0) is 26.2. The Balaban J connectivity index is 1.70. The van der Waals surface area contributed by atoms with Crippen LogP contribution in [0.2, 0.25) is 5.02 Å². The summed E-state index contributed by atoms with van der Waals surface area (Å²) in [5.74, 6) is -0.167. The van der Waals surface area contributed by atoms with Gasteiger partial charge in [0.2, 0.25) is 5.91 Å². The lowest BCUT2D eigenvalue weighted by Crippen LogP contribution is -2.48. The Morgan fingerprint density at radius 3 is 2.62 bits per heavy atom. The summed E-state index contributed by atoms with van der Waals surface area (Å²) in [6.07, 6.45) is 11.2. The number of hydrogen-bond donors (Lipinski definition) is 1. The van der Waals surface area contributed by atoms with E-state index in [1.165, 1.54) is 24.3 Å². The van der Waals surface area contributed by atoms with E-state index in [9.17, 15) is 14.3 Å². The van der Waals surface area contributed by atoms with E-state index in [1.807, 2.05) is 18.2 Å². The summed E-state index contributed by atoms with van der Waals surface area (Å²) in [5, 5.41) is 21.9. The van der Waals surface area contributed by atoms with Crippen LogP contribution in [0.5, 0.6) is 5.75 Å². The highest BCUT2D eigenvalue weighted by Gasteiger charge is 2.33. The molecule has 0 unspecified atom stereocenters. The number of carbonyl (C=O) groups is 1. The molecule has 1 atom stereocenters. The molecule has 3 aromatic rings. The van der Waals surface area contributed by atoms with E-state index in [-0.39, 0.29) is 22.6 Å². The molecule has 1 aliphatic carbocycles. The number of amides is 1. The Labute approximate surface area is 220 Å². The van der Waals surface area contributed by atoms with Gasteiger partial charge in [0.05, 0.1) is 11.3 Å². The lowest BCUT2D eigenvalue weighted by atomic mass is 9.74. The van der Waals surface area contributed by atoms with Crippen LogP contribution in [-0.2, 0) is 10.2 Å². The molecule has 2 aliphatic rings. The van der Waals surface area contributed by atoms with Gasteiger partial charge in [-0.2, -0.15) is 5.10 Å². The third kappa shape index (κ3) is 4.37. The predicted octanol–water partition coefficient (Wildman–Crippen LogP) is 5.79. The van der Waals surface area contributed by atoms with Crippen molar-refractivity contribution in [3.63, 3.8) is 0 Å². The van der Waals surface area contributed by atoms with Crippen molar-refractivity contribution in [1.29, 1.82) is 0 Å². The molecule has 37 heavy (non-hydrogen) atoms. The number of benzene rings is 2. The number of fused-ring (bicyclic) bond motifs is 1. The van der Waals surface area contributed by atoms with Gasteiger partial charge in [-0.1, -0.05) is 55.5 Å². The fraction of sp³-hybridized carbons (Fsp3) is 0.276. The monoisotopic (exact) mass is 518 g/mol. The zero-order valence-corrected chi connectivity index (χ0v) is 21.4. The summed E-state index contributed by atoms with van der Waals surface area (Å²) in [4.78, 5) is 15.9. The number of rotatable bonds is 5. The summed E-state index contributed by atoms with van der Waals surface area (Å²) in [6.45, 7) is 7.93. The minimum atomic E-state index is -0.557. The molecule has 2 aromatic carbocycles. The molecule has 2 heterocycles. The maximum atomic E-state index is 14.9. The first-order valence-electron chi connectivity index (χ1n) is 12.4. The molecule has 1 fully saturated rings. The highest BCUT2D eigenvalue weighted by molar-refractivity contribution is 6.34. The van der Waals surface area contributed by atoms with E-state index >= 15 is 0 Å². The average molecular weight is 519 g/mol. The van der Waals surface area contributed by atoms with Gasteiger partial charge in [0, 0.05) is 53.0 Å². The SMILES string of the molecule is C=CC(=O)N1CCN(c2nnc([C@]3(CC)C=CC=CC3)c3cc(-c4c(O)cccc4F)c(Cl)cc23)CC1. The first kappa shape index (κ1) is 25.0. The molecule has 0 saturated carbocycles. The van der Waals surface area contributed by atoms with Crippen molar-refractivity contribution in [2.75, 3.05) is 31.1 Å². The molecule has 1 aliphatic heterocycles. The summed E-state index contributed by atoms with van der Waals surface area (Å²) in [5.41, 5.74) is 0.854. The van der Waals surface area contributed by atoms with Gasteiger partial charge >= 0.3 is 0 Å². The molecular formula is C29H28ClFN4O2. The van der Waals surface area contributed by atoms with Crippen LogP contribution < -0.4 is 4.90 Å². The van der Waals surface area contributed by atoms with Gasteiger partial charge in [0.1, 0.15) is 11.6 Å². The van der Waals surface area contributed by atoms with E-state index in [2.05, 4.69) is 35.7 Å². The molecule has 0 bridgehead atoms. The second kappa shape index (κ2) is 9.98. The molecule has 1 amide bonds. The number of phenols is 1.